The second kappa shape index (κ2) is 5.78. The van der Waals surface area contributed by atoms with Crippen LogP contribution in [-0.2, 0) is 0 Å². The quantitative estimate of drug-likeness (QED) is 0.780. The van der Waals surface area contributed by atoms with Crippen molar-refractivity contribution in [2.75, 3.05) is 0 Å². The van der Waals surface area contributed by atoms with Gasteiger partial charge in [0.1, 0.15) is 11.5 Å². The molecule has 3 heteroatoms. The second-order valence-electron chi connectivity index (χ2n) is 5.82. The third-order valence-corrected chi connectivity index (χ3v) is 4.17. The van der Waals surface area contributed by atoms with Gasteiger partial charge in [0.05, 0.1) is 5.56 Å². The van der Waals surface area contributed by atoms with E-state index in [1.165, 1.54) is 18.4 Å². The fourth-order valence-corrected chi connectivity index (χ4v) is 2.93. The van der Waals surface area contributed by atoms with Gasteiger partial charge in [-0.3, -0.25) is 0 Å². The van der Waals surface area contributed by atoms with E-state index in [4.69, 9.17) is 0 Å². The van der Waals surface area contributed by atoms with E-state index in [0.717, 1.165) is 0 Å². The average Bonchev–Trinajstić information content (AvgIpc) is 3.30. The second-order valence-corrected chi connectivity index (χ2v) is 5.82. The zero-order valence-corrected chi connectivity index (χ0v) is 12.2. The Bertz CT molecular complexity index is 588. The molecule has 0 aliphatic heterocycles. The number of hydrogen-bond acceptors (Lipinski definition) is 3. The van der Waals surface area contributed by atoms with Gasteiger partial charge < -0.3 is 15.5 Å². The summed E-state index contributed by atoms with van der Waals surface area (Å²) in [7, 11) is 0. The predicted molar refractivity (Wildman–Crippen MR) is 83.2 cm³/mol. The van der Waals surface area contributed by atoms with Gasteiger partial charge in [-0.25, -0.2) is 0 Å². The van der Waals surface area contributed by atoms with Crippen LogP contribution in [0.5, 0.6) is 11.5 Å². The number of hydrogen-bond donors (Lipinski definition) is 3. The molecule has 21 heavy (non-hydrogen) atoms. The van der Waals surface area contributed by atoms with Crippen molar-refractivity contribution in [2.24, 2.45) is 5.92 Å². The highest BCUT2D eigenvalue weighted by atomic mass is 16.3. The lowest BCUT2D eigenvalue weighted by Gasteiger charge is -2.25. The monoisotopic (exact) mass is 283 g/mol. The van der Waals surface area contributed by atoms with Crippen LogP contribution in [0.3, 0.4) is 0 Å². The van der Waals surface area contributed by atoms with E-state index in [1.807, 2.05) is 13.0 Å². The van der Waals surface area contributed by atoms with Gasteiger partial charge in [-0.15, -0.1) is 0 Å². The molecule has 0 bridgehead atoms. The molecule has 0 radical (unpaired) electrons. The molecule has 1 fully saturated rings. The molecule has 2 aromatic carbocycles. The summed E-state index contributed by atoms with van der Waals surface area (Å²) >= 11 is 0. The minimum atomic E-state index is -0.114. The molecule has 0 saturated heterocycles. The highest BCUT2D eigenvalue weighted by molar-refractivity contribution is 5.45. The number of nitrogens with one attached hydrogen (secondary N) is 1. The molecule has 3 N–H and O–H groups in total. The molecule has 3 nitrogen and oxygen atoms in total. The number of benzene rings is 2. The Hall–Kier alpha value is -2.00. The van der Waals surface area contributed by atoms with Crippen molar-refractivity contribution in [1.29, 1.82) is 0 Å². The molecule has 110 valence electrons. The van der Waals surface area contributed by atoms with Crippen LogP contribution in [0.15, 0.2) is 48.5 Å². The number of aromatic hydroxyl groups is 2. The van der Waals surface area contributed by atoms with Crippen molar-refractivity contribution in [3.05, 3.63) is 59.7 Å². The zero-order valence-electron chi connectivity index (χ0n) is 12.2. The van der Waals surface area contributed by atoms with Gasteiger partial charge in [0, 0.05) is 12.1 Å². The maximum absolute atomic E-state index is 10.00. The fourth-order valence-electron chi connectivity index (χ4n) is 2.93. The minimum Gasteiger partial charge on any atom is -0.507 e. The molecular formula is C18H21NO2. The SMILES string of the molecule is CC(NC(c1ccccc1)C1CC1)c1c(O)cccc1O. The molecule has 0 aromatic heterocycles. The van der Waals surface area contributed by atoms with Crippen molar-refractivity contribution in [3.8, 4) is 11.5 Å². The summed E-state index contributed by atoms with van der Waals surface area (Å²) in [5, 5.41) is 23.6. The molecular weight excluding hydrogens is 262 g/mol. The number of phenolic OH excluding ortho intramolecular Hbond substituents is 2. The van der Waals surface area contributed by atoms with Gasteiger partial charge in [-0.1, -0.05) is 36.4 Å². The summed E-state index contributed by atoms with van der Waals surface area (Å²) in [5.74, 6) is 0.915. The maximum Gasteiger partial charge on any atom is 0.124 e. The molecule has 2 unspecified atom stereocenters. The van der Waals surface area contributed by atoms with Crippen LogP contribution in [0.25, 0.3) is 0 Å². The van der Waals surface area contributed by atoms with E-state index in [1.54, 1.807) is 18.2 Å². The lowest BCUT2D eigenvalue weighted by molar-refractivity contribution is 0.386. The maximum atomic E-state index is 10.00. The summed E-state index contributed by atoms with van der Waals surface area (Å²) in [5.41, 5.74) is 1.83. The molecule has 3 rings (SSSR count). The van der Waals surface area contributed by atoms with Crippen molar-refractivity contribution >= 4 is 0 Å². The molecule has 0 spiro atoms. The normalized spacial score (nSPS) is 17.4. The third-order valence-electron chi connectivity index (χ3n) is 4.17. The van der Waals surface area contributed by atoms with Crippen molar-refractivity contribution in [3.63, 3.8) is 0 Å². The first-order valence-corrected chi connectivity index (χ1v) is 7.48. The van der Waals surface area contributed by atoms with Crippen LogP contribution in [-0.4, -0.2) is 10.2 Å². The summed E-state index contributed by atoms with van der Waals surface area (Å²) in [6.07, 6.45) is 2.46. The zero-order chi connectivity index (χ0) is 14.8. The fraction of sp³-hybridized carbons (Fsp3) is 0.333. The first-order valence-electron chi connectivity index (χ1n) is 7.48. The Morgan fingerprint density at radius 3 is 2.14 bits per heavy atom. The molecule has 1 aliphatic carbocycles. The summed E-state index contributed by atoms with van der Waals surface area (Å²) < 4.78 is 0. The molecule has 1 aliphatic rings. The van der Waals surface area contributed by atoms with Gasteiger partial charge in [0.25, 0.3) is 0 Å². The number of phenols is 2. The van der Waals surface area contributed by atoms with Crippen LogP contribution in [0.4, 0.5) is 0 Å². The Morgan fingerprint density at radius 1 is 0.952 bits per heavy atom. The van der Waals surface area contributed by atoms with E-state index in [9.17, 15) is 10.2 Å². The highest BCUT2D eigenvalue weighted by Gasteiger charge is 2.33. The summed E-state index contributed by atoms with van der Waals surface area (Å²) in [6, 6.07) is 15.4. The van der Waals surface area contributed by atoms with Crippen LogP contribution >= 0.6 is 0 Å². The van der Waals surface area contributed by atoms with E-state index >= 15 is 0 Å². The predicted octanol–water partition coefficient (Wildman–Crippen LogP) is 3.90. The van der Waals surface area contributed by atoms with Gasteiger partial charge in [0.2, 0.25) is 0 Å². The molecule has 1 saturated carbocycles. The topological polar surface area (TPSA) is 52.5 Å². The average molecular weight is 283 g/mol. The molecule has 2 atom stereocenters. The minimum absolute atomic E-state index is 0.114. The van der Waals surface area contributed by atoms with Gasteiger partial charge in [-0.2, -0.15) is 0 Å². The van der Waals surface area contributed by atoms with Crippen LogP contribution in [0.1, 0.15) is 43.0 Å². The van der Waals surface area contributed by atoms with E-state index < -0.39 is 0 Å². The van der Waals surface area contributed by atoms with Gasteiger partial charge >= 0.3 is 0 Å². The lowest BCUT2D eigenvalue weighted by Crippen LogP contribution is -2.26. The Labute approximate surface area is 125 Å². The Kier molecular flexibility index (Phi) is 3.84. The van der Waals surface area contributed by atoms with Gasteiger partial charge in [-0.05, 0) is 43.4 Å². The van der Waals surface area contributed by atoms with Crippen LogP contribution in [0, 0.1) is 5.92 Å². The van der Waals surface area contributed by atoms with Crippen molar-refractivity contribution in [2.45, 2.75) is 31.8 Å². The van der Waals surface area contributed by atoms with E-state index in [0.29, 0.717) is 11.5 Å². The standard InChI is InChI=1S/C18H21NO2/c1-12(17-15(20)8-5-9-16(17)21)19-18(14-10-11-14)13-6-3-2-4-7-13/h2-9,12,14,18-21H,10-11H2,1H3. The molecule has 2 aromatic rings. The Morgan fingerprint density at radius 2 is 1.57 bits per heavy atom. The largest absolute Gasteiger partial charge is 0.507 e. The van der Waals surface area contributed by atoms with E-state index in [-0.39, 0.29) is 23.6 Å². The summed E-state index contributed by atoms with van der Waals surface area (Å²) in [6.45, 7) is 1.98. The summed E-state index contributed by atoms with van der Waals surface area (Å²) in [4.78, 5) is 0. The van der Waals surface area contributed by atoms with Crippen molar-refractivity contribution in [1.82, 2.24) is 5.32 Å². The Balaban J connectivity index is 1.83. The first kappa shape index (κ1) is 14.0. The highest BCUT2D eigenvalue weighted by Crippen LogP contribution is 2.43. The molecule has 0 heterocycles. The first-order chi connectivity index (χ1) is 10.2. The lowest BCUT2D eigenvalue weighted by atomic mass is 9.99. The van der Waals surface area contributed by atoms with Gasteiger partial charge in [0.15, 0.2) is 0 Å². The molecule has 0 amide bonds. The van der Waals surface area contributed by atoms with E-state index in [2.05, 4.69) is 29.6 Å². The van der Waals surface area contributed by atoms with Crippen molar-refractivity contribution < 1.29 is 10.2 Å². The number of rotatable bonds is 5. The van der Waals surface area contributed by atoms with Crippen LogP contribution in [0.2, 0.25) is 0 Å². The third kappa shape index (κ3) is 3.03. The smallest absolute Gasteiger partial charge is 0.124 e. The van der Waals surface area contributed by atoms with Crippen LogP contribution < -0.4 is 5.32 Å².